The van der Waals surface area contributed by atoms with Gasteiger partial charge in [-0.15, -0.1) is 0 Å². The number of thioether (sulfide) groups is 1. The molecule has 1 amide bonds. The van der Waals surface area contributed by atoms with E-state index >= 15 is 0 Å². The van der Waals surface area contributed by atoms with Gasteiger partial charge in [0, 0.05) is 11.6 Å². The topological polar surface area (TPSA) is 49.3 Å². The molecule has 0 aliphatic carbocycles. The van der Waals surface area contributed by atoms with Crippen molar-refractivity contribution in [2.24, 2.45) is 0 Å². The van der Waals surface area contributed by atoms with E-state index in [0.29, 0.717) is 5.56 Å². The number of aliphatic hydroxyl groups excluding tert-OH is 1. The molecular formula is C15H18FNO2S. The maximum Gasteiger partial charge on any atom is 0.254 e. The highest BCUT2D eigenvalue weighted by atomic mass is 32.2. The molecule has 3 nitrogen and oxygen atoms in total. The van der Waals surface area contributed by atoms with E-state index in [9.17, 15) is 9.18 Å². The first-order chi connectivity index (χ1) is 9.58. The second kappa shape index (κ2) is 8.62. The first-order valence-corrected chi connectivity index (χ1v) is 7.67. The van der Waals surface area contributed by atoms with Gasteiger partial charge in [-0.1, -0.05) is 11.8 Å². The standard InChI is InChI=1S/C15H18FNO2S/c1-11(7-9-20-2)17-15(19)13-6-5-12(4-3-8-18)10-14(13)16/h5-6,10-11,18H,7-9H2,1-2H3,(H,17,19). The molecule has 20 heavy (non-hydrogen) atoms. The van der Waals surface area contributed by atoms with Gasteiger partial charge < -0.3 is 10.4 Å². The molecule has 108 valence electrons. The number of amides is 1. The van der Waals surface area contributed by atoms with Crippen molar-refractivity contribution < 1.29 is 14.3 Å². The number of benzene rings is 1. The highest BCUT2D eigenvalue weighted by Gasteiger charge is 2.14. The Morgan fingerprint density at radius 2 is 2.30 bits per heavy atom. The Morgan fingerprint density at radius 1 is 1.55 bits per heavy atom. The SMILES string of the molecule is CSCCC(C)NC(=O)c1ccc(C#CCO)cc1F. The molecule has 5 heteroatoms. The van der Waals surface area contributed by atoms with Gasteiger partial charge >= 0.3 is 0 Å². The van der Waals surface area contributed by atoms with Crippen molar-refractivity contribution >= 4 is 17.7 Å². The minimum Gasteiger partial charge on any atom is -0.384 e. The summed E-state index contributed by atoms with van der Waals surface area (Å²) in [7, 11) is 0. The quantitative estimate of drug-likeness (QED) is 0.817. The molecule has 0 heterocycles. The van der Waals surface area contributed by atoms with Gasteiger partial charge in [0.15, 0.2) is 0 Å². The summed E-state index contributed by atoms with van der Waals surface area (Å²) < 4.78 is 13.8. The Kier molecular flexibility index (Phi) is 7.13. The average Bonchev–Trinajstić information content (AvgIpc) is 2.42. The van der Waals surface area contributed by atoms with Crippen LogP contribution in [0.15, 0.2) is 18.2 Å². The lowest BCUT2D eigenvalue weighted by Gasteiger charge is -2.13. The van der Waals surface area contributed by atoms with Crippen molar-refractivity contribution in [1.82, 2.24) is 5.32 Å². The fourth-order valence-corrected chi connectivity index (χ4v) is 2.18. The summed E-state index contributed by atoms with van der Waals surface area (Å²) in [6.07, 6.45) is 2.84. The van der Waals surface area contributed by atoms with Crippen LogP contribution in [0.1, 0.15) is 29.3 Å². The third kappa shape index (κ3) is 5.24. The van der Waals surface area contributed by atoms with E-state index in [1.807, 2.05) is 13.2 Å². The summed E-state index contributed by atoms with van der Waals surface area (Å²) in [4.78, 5) is 11.9. The fraction of sp³-hybridized carbons (Fsp3) is 0.400. The minimum atomic E-state index is -0.607. The van der Waals surface area contributed by atoms with Gasteiger partial charge in [-0.2, -0.15) is 11.8 Å². The lowest BCUT2D eigenvalue weighted by atomic mass is 10.1. The summed E-state index contributed by atoms with van der Waals surface area (Å²) in [5.41, 5.74) is 0.444. The summed E-state index contributed by atoms with van der Waals surface area (Å²) in [5.74, 6) is 4.95. The molecule has 1 atom stereocenters. The molecule has 0 saturated heterocycles. The highest BCUT2D eigenvalue weighted by Crippen LogP contribution is 2.11. The van der Waals surface area contributed by atoms with Crippen molar-refractivity contribution in [2.45, 2.75) is 19.4 Å². The van der Waals surface area contributed by atoms with Crippen molar-refractivity contribution in [3.05, 3.63) is 35.1 Å². The number of halogens is 1. The van der Waals surface area contributed by atoms with E-state index < -0.39 is 11.7 Å². The molecule has 2 N–H and O–H groups in total. The number of hydrogen-bond acceptors (Lipinski definition) is 3. The number of aliphatic hydroxyl groups is 1. The van der Waals surface area contributed by atoms with E-state index in [2.05, 4.69) is 17.2 Å². The normalized spacial score (nSPS) is 11.4. The molecule has 1 aromatic rings. The van der Waals surface area contributed by atoms with E-state index in [4.69, 9.17) is 5.11 Å². The molecule has 0 radical (unpaired) electrons. The van der Waals surface area contributed by atoms with Crippen molar-refractivity contribution in [3.8, 4) is 11.8 Å². The van der Waals surface area contributed by atoms with E-state index in [-0.39, 0.29) is 18.2 Å². The Labute approximate surface area is 123 Å². The van der Waals surface area contributed by atoms with Gasteiger partial charge in [0.1, 0.15) is 12.4 Å². The molecule has 1 rings (SSSR count). The second-order valence-corrected chi connectivity index (χ2v) is 5.30. The van der Waals surface area contributed by atoms with E-state index in [1.165, 1.54) is 12.1 Å². The molecule has 0 fully saturated rings. The molecule has 0 aliphatic heterocycles. The maximum absolute atomic E-state index is 13.8. The molecule has 1 unspecified atom stereocenters. The van der Waals surface area contributed by atoms with Crippen LogP contribution in [0.3, 0.4) is 0 Å². The first kappa shape index (κ1) is 16.5. The monoisotopic (exact) mass is 295 g/mol. The van der Waals surface area contributed by atoms with Crippen LogP contribution in [0.5, 0.6) is 0 Å². The zero-order valence-electron chi connectivity index (χ0n) is 11.6. The Bertz CT molecular complexity index is 522. The van der Waals surface area contributed by atoms with Gasteiger partial charge in [0.25, 0.3) is 5.91 Å². The molecular weight excluding hydrogens is 277 g/mol. The third-order valence-corrected chi connectivity index (χ3v) is 3.30. The summed E-state index contributed by atoms with van der Waals surface area (Å²) in [6.45, 7) is 1.62. The van der Waals surface area contributed by atoms with Crippen LogP contribution in [0.4, 0.5) is 4.39 Å². The zero-order chi connectivity index (χ0) is 15.0. The van der Waals surface area contributed by atoms with Crippen LogP contribution in [0, 0.1) is 17.7 Å². The van der Waals surface area contributed by atoms with Crippen molar-refractivity contribution in [2.75, 3.05) is 18.6 Å². The first-order valence-electron chi connectivity index (χ1n) is 6.27. The summed E-state index contributed by atoms with van der Waals surface area (Å²) in [6, 6.07) is 4.17. The predicted octanol–water partition coefficient (Wildman–Crippen LogP) is 2.04. The smallest absolute Gasteiger partial charge is 0.254 e. The number of carbonyl (C=O) groups is 1. The van der Waals surface area contributed by atoms with Crippen LogP contribution < -0.4 is 5.32 Å². The maximum atomic E-state index is 13.8. The minimum absolute atomic E-state index is 0.00297. The fourth-order valence-electron chi connectivity index (χ4n) is 1.59. The van der Waals surface area contributed by atoms with Gasteiger partial charge in [-0.05, 0) is 43.6 Å². The lowest BCUT2D eigenvalue weighted by Crippen LogP contribution is -2.33. The lowest BCUT2D eigenvalue weighted by molar-refractivity contribution is 0.0935. The number of carbonyl (C=O) groups excluding carboxylic acids is 1. The molecule has 0 aliphatic rings. The van der Waals surface area contributed by atoms with Crippen molar-refractivity contribution in [3.63, 3.8) is 0 Å². The Hall–Kier alpha value is -1.51. The Balaban J connectivity index is 2.73. The van der Waals surface area contributed by atoms with Gasteiger partial charge in [-0.3, -0.25) is 4.79 Å². The average molecular weight is 295 g/mol. The number of nitrogens with one attached hydrogen (secondary N) is 1. The van der Waals surface area contributed by atoms with E-state index in [0.717, 1.165) is 12.2 Å². The van der Waals surface area contributed by atoms with Crippen molar-refractivity contribution in [1.29, 1.82) is 0 Å². The van der Waals surface area contributed by atoms with Gasteiger partial charge in [0.05, 0.1) is 5.56 Å². The molecule has 0 spiro atoms. The molecule has 0 saturated carbocycles. The predicted molar refractivity (Wildman–Crippen MR) is 80.3 cm³/mol. The van der Waals surface area contributed by atoms with E-state index in [1.54, 1.807) is 17.8 Å². The highest BCUT2D eigenvalue weighted by molar-refractivity contribution is 7.98. The van der Waals surface area contributed by atoms with Gasteiger partial charge in [-0.25, -0.2) is 4.39 Å². The third-order valence-electron chi connectivity index (χ3n) is 2.66. The molecule has 0 bridgehead atoms. The zero-order valence-corrected chi connectivity index (χ0v) is 12.4. The Morgan fingerprint density at radius 3 is 2.90 bits per heavy atom. The number of rotatable bonds is 5. The van der Waals surface area contributed by atoms with Crippen LogP contribution in [-0.2, 0) is 0 Å². The van der Waals surface area contributed by atoms with Gasteiger partial charge in [0.2, 0.25) is 0 Å². The summed E-state index contributed by atoms with van der Waals surface area (Å²) >= 11 is 1.70. The van der Waals surface area contributed by atoms with Crippen LogP contribution in [0.2, 0.25) is 0 Å². The second-order valence-electron chi connectivity index (χ2n) is 4.31. The number of hydrogen-bond donors (Lipinski definition) is 2. The van der Waals surface area contributed by atoms with Crippen LogP contribution in [-0.4, -0.2) is 35.7 Å². The molecule has 0 aromatic heterocycles. The van der Waals surface area contributed by atoms with Crippen LogP contribution in [0.25, 0.3) is 0 Å². The largest absolute Gasteiger partial charge is 0.384 e. The van der Waals surface area contributed by atoms with Crippen LogP contribution >= 0.6 is 11.8 Å². The molecule has 1 aromatic carbocycles. The summed E-state index contributed by atoms with van der Waals surface area (Å²) in [5, 5.41) is 11.3.